The van der Waals surface area contributed by atoms with Gasteiger partial charge in [-0.15, -0.1) is 0 Å². The zero-order valence-corrected chi connectivity index (χ0v) is 8.97. The van der Waals surface area contributed by atoms with Crippen molar-refractivity contribution in [2.45, 2.75) is 13.0 Å². The normalized spacial score (nSPS) is 13.4. The van der Waals surface area contributed by atoms with Gasteiger partial charge in [0.2, 0.25) is 0 Å². The van der Waals surface area contributed by atoms with Gasteiger partial charge in [-0.2, -0.15) is 0 Å². The van der Waals surface area contributed by atoms with Crippen molar-refractivity contribution in [3.05, 3.63) is 48.2 Å². The van der Waals surface area contributed by atoms with Crippen LogP contribution in [0.5, 0.6) is 0 Å². The van der Waals surface area contributed by atoms with Crippen molar-refractivity contribution >= 4 is 21.7 Å². The van der Waals surface area contributed by atoms with E-state index in [-0.39, 0.29) is 0 Å². The van der Waals surface area contributed by atoms with Crippen molar-refractivity contribution in [1.82, 2.24) is 0 Å². The fourth-order valence-corrected chi connectivity index (χ4v) is 1.95. The molecule has 1 atom stereocenters. The monoisotopic (exact) mass is 212 g/mol. The molecule has 2 aromatic carbocycles. The van der Waals surface area contributed by atoms with E-state index in [9.17, 15) is 5.11 Å². The van der Waals surface area contributed by atoms with Crippen LogP contribution in [0.25, 0.3) is 21.7 Å². The molecule has 0 fully saturated rings. The fraction of sp³-hybridized carbons (Fsp3) is 0.143. The Hall–Kier alpha value is -1.80. The van der Waals surface area contributed by atoms with E-state index in [1.807, 2.05) is 24.3 Å². The second-order valence-electron chi connectivity index (χ2n) is 4.06. The predicted molar refractivity (Wildman–Crippen MR) is 64.4 cm³/mol. The largest absolute Gasteiger partial charge is 0.458 e. The Morgan fingerprint density at radius 3 is 2.38 bits per heavy atom. The van der Waals surface area contributed by atoms with Crippen molar-refractivity contribution in [2.75, 3.05) is 0 Å². The van der Waals surface area contributed by atoms with Crippen LogP contribution in [-0.4, -0.2) is 5.11 Å². The van der Waals surface area contributed by atoms with Gasteiger partial charge in [0, 0.05) is 5.39 Å². The first-order chi connectivity index (χ1) is 7.74. The Bertz CT molecular complexity index is 597. The molecule has 1 heterocycles. The third-order valence-corrected chi connectivity index (χ3v) is 2.82. The summed E-state index contributed by atoms with van der Waals surface area (Å²) < 4.78 is 5.59. The van der Waals surface area contributed by atoms with Gasteiger partial charge in [0.25, 0.3) is 0 Å². The van der Waals surface area contributed by atoms with Gasteiger partial charge < -0.3 is 9.52 Å². The van der Waals surface area contributed by atoms with Crippen LogP contribution in [0.3, 0.4) is 0 Å². The Kier molecular flexibility index (Phi) is 1.98. The number of hydrogen-bond donors (Lipinski definition) is 1. The second kappa shape index (κ2) is 3.35. The molecule has 80 valence electrons. The lowest BCUT2D eigenvalue weighted by atomic mass is 10.1. The first kappa shape index (κ1) is 9.43. The minimum atomic E-state index is -0.560. The van der Waals surface area contributed by atoms with E-state index in [1.54, 1.807) is 6.92 Å². The molecule has 3 aromatic rings. The van der Waals surface area contributed by atoms with Crippen molar-refractivity contribution in [1.29, 1.82) is 0 Å². The van der Waals surface area contributed by atoms with Crippen LogP contribution in [0.15, 0.2) is 46.9 Å². The van der Waals surface area contributed by atoms with E-state index in [1.165, 1.54) is 5.39 Å². The van der Waals surface area contributed by atoms with E-state index in [0.29, 0.717) is 5.76 Å². The van der Waals surface area contributed by atoms with Gasteiger partial charge in [0.1, 0.15) is 17.4 Å². The fourth-order valence-electron chi connectivity index (χ4n) is 1.95. The average Bonchev–Trinajstić information content (AvgIpc) is 2.68. The highest BCUT2D eigenvalue weighted by Crippen LogP contribution is 2.27. The lowest BCUT2D eigenvalue weighted by Crippen LogP contribution is -1.85. The molecule has 0 saturated carbocycles. The van der Waals surface area contributed by atoms with E-state index in [2.05, 4.69) is 18.2 Å². The Morgan fingerprint density at radius 2 is 1.69 bits per heavy atom. The number of benzene rings is 2. The molecule has 0 amide bonds. The summed E-state index contributed by atoms with van der Waals surface area (Å²) in [5, 5.41) is 12.8. The molecule has 1 N–H and O–H groups in total. The molecule has 0 saturated heterocycles. The molecule has 0 radical (unpaired) electrons. The summed E-state index contributed by atoms with van der Waals surface area (Å²) in [6.45, 7) is 1.71. The highest BCUT2D eigenvalue weighted by atomic mass is 16.4. The van der Waals surface area contributed by atoms with Crippen LogP contribution >= 0.6 is 0 Å². The smallest absolute Gasteiger partial charge is 0.135 e. The summed E-state index contributed by atoms with van der Waals surface area (Å²) in [4.78, 5) is 0. The molecule has 3 rings (SSSR count). The predicted octanol–water partition coefficient (Wildman–Crippen LogP) is 3.64. The highest BCUT2D eigenvalue weighted by Gasteiger charge is 2.08. The highest BCUT2D eigenvalue weighted by molar-refractivity contribution is 5.96. The van der Waals surface area contributed by atoms with Crippen LogP contribution in [0.4, 0.5) is 0 Å². The van der Waals surface area contributed by atoms with Crippen LogP contribution in [0.2, 0.25) is 0 Å². The molecular weight excluding hydrogens is 200 g/mol. The van der Waals surface area contributed by atoms with Crippen molar-refractivity contribution in [2.24, 2.45) is 0 Å². The van der Waals surface area contributed by atoms with E-state index in [4.69, 9.17) is 4.42 Å². The second-order valence-corrected chi connectivity index (χ2v) is 4.06. The quantitative estimate of drug-likeness (QED) is 0.668. The van der Waals surface area contributed by atoms with Gasteiger partial charge in [-0.25, -0.2) is 0 Å². The SMILES string of the molecule is CC(O)c1cc2cc3ccccc3cc2o1. The first-order valence-electron chi connectivity index (χ1n) is 5.34. The van der Waals surface area contributed by atoms with Gasteiger partial charge in [0.15, 0.2) is 0 Å². The van der Waals surface area contributed by atoms with Crippen molar-refractivity contribution < 1.29 is 9.52 Å². The molecule has 16 heavy (non-hydrogen) atoms. The minimum absolute atomic E-state index is 0.560. The van der Waals surface area contributed by atoms with Gasteiger partial charge in [-0.3, -0.25) is 0 Å². The standard InChI is InChI=1S/C14H12O2/c1-9(15)13-8-12-6-10-4-2-3-5-11(10)7-14(12)16-13/h2-9,15H,1H3. The zero-order chi connectivity index (χ0) is 11.1. The van der Waals surface area contributed by atoms with Gasteiger partial charge >= 0.3 is 0 Å². The maximum atomic E-state index is 9.47. The Labute approximate surface area is 93.1 Å². The van der Waals surface area contributed by atoms with Gasteiger partial charge in [-0.05, 0) is 35.9 Å². The van der Waals surface area contributed by atoms with Crippen molar-refractivity contribution in [3.8, 4) is 0 Å². The molecule has 2 nitrogen and oxygen atoms in total. The number of rotatable bonds is 1. The number of aliphatic hydroxyl groups is 1. The van der Waals surface area contributed by atoms with E-state index in [0.717, 1.165) is 16.4 Å². The van der Waals surface area contributed by atoms with Crippen LogP contribution in [0.1, 0.15) is 18.8 Å². The molecule has 0 aliphatic heterocycles. The van der Waals surface area contributed by atoms with E-state index < -0.39 is 6.10 Å². The molecule has 0 aliphatic carbocycles. The van der Waals surface area contributed by atoms with Crippen LogP contribution in [0, 0.1) is 0 Å². The third kappa shape index (κ3) is 1.39. The minimum Gasteiger partial charge on any atom is -0.458 e. The topological polar surface area (TPSA) is 33.4 Å². The number of hydrogen-bond acceptors (Lipinski definition) is 2. The molecule has 0 spiro atoms. The average molecular weight is 212 g/mol. The molecule has 0 bridgehead atoms. The van der Waals surface area contributed by atoms with Crippen LogP contribution < -0.4 is 0 Å². The Balaban J connectivity index is 2.34. The van der Waals surface area contributed by atoms with Gasteiger partial charge in [0.05, 0.1) is 0 Å². The summed E-state index contributed by atoms with van der Waals surface area (Å²) in [5.41, 5.74) is 0.828. The Morgan fingerprint density at radius 1 is 1.00 bits per heavy atom. The molecular formula is C14H12O2. The summed E-state index contributed by atoms with van der Waals surface area (Å²) in [6.07, 6.45) is -0.560. The summed E-state index contributed by atoms with van der Waals surface area (Å²) in [6, 6.07) is 14.1. The van der Waals surface area contributed by atoms with Crippen molar-refractivity contribution in [3.63, 3.8) is 0 Å². The molecule has 1 aromatic heterocycles. The maximum Gasteiger partial charge on any atom is 0.135 e. The maximum absolute atomic E-state index is 9.47. The first-order valence-corrected chi connectivity index (χ1v) is 5.34. The molecule has 2 heteroatoms. The third-order valence-electron chi connectivity index (χ3n) is 2.82. The number of aliphatic hydroxyl groups excluding tert-OH is 1. The number of furan rings is 1. The summed E-state index contributed by atoms with van der Waals surface area (Å²) >= 11 is 0. The van der Waals surface area contributed by atoms with Gasteiger partial charge in [-0.1, -0.05) is 24.3 Å². The number of fused-ring (bicyclic) bond motifs is 2. The summed E-state index contributed by atoms with van der Waals surface area (Å²) in [7, 11) is 0. The lowest BCUT2D eigenvalue weighted by molar-refractivity contribution is 0.172. The summed E-state index contributed by atoms with van der Waals surface area (Å²) in [5.74, 6) is 0.616. The van der Waals surface area contributed by atoms with Crippen LogP contribution in [-0.2, 0) is 0 Å². The zero-order valence-electron chi connectivity index (χ0n) is 8.97. The lowest BCUT2D eigenvalue weighted by Gasteiger charge is -1.96. The molecule has 1 unspecified atom stereocenters. The van der Waals surface area contributed by atoms with E-state index >= 15 is 0 Å². The molecule has 0 aliphatic rings.